The normalized spacial score (nSPS) is 20.3. The van der Waals surface area contributed by atoms with E-state index in [0.717, 1.165) is 43.2 Å². The molecule has 1 saturated heterocycles. The second-order valence-electron chi connectivity index (χ2n) is 8.26. The number of piperidine rings is 1. The minimum atomic E-state index is -3.35. The number of nitrogens with one attached hydrogen (secondary N) is 2. The maximum absolute atomic E-state index is 12.6. The number of rotatable bonds is 8. The molecule has 1 unspecified atom stereocenters. The number of likely N-dealkylation sites (tertiary alicyclic amines) is 1. The predicted octanol–water partition coefficient (Wildman–Crippen LogP) is 3.24. The molecule has 1 atom stereocenters. The van der Waals surface area contributed by atoms with Crippen molar-refractivity contribution in [2.24, 2.45) is 5.92 Å². The van der Waals surface area contributed by atoms with Gasteiger partial charge in [-0.15, -0.1) is 0 Å². The maximum atomic E-state index is 12.6. The molecule has 0 bridgehead atoms. The van der Waals surface area contributed by atoms with E-state index in [4.69, 9.17) is 0 Å². The lowest BCUT2D eigenvalue weighted by Gasteiger charge is -2.32. The number of nitrogens with zero attached hydrogens (tertiary/aromatic N) is 1. The summed E-state index contributed by atoms with van der Waals surface area (Å²) in [6, 6.07) is 18.5. The van der Waals surface area contributed by atoms with E-state index in [0.29, 0.717) is 13.0 Å². The molecule has 2 aliphatic rings. The second-order valence-corrected chi connectivity index (χ2v) is 10.2. The Morgan fingerprint density at radius 1 is 1.00 bits per heavy atom. The van der Waals surface area contributed by atoms with Gasteiger partial charge in [0.1, 0.15) is 5.37 Å². The Morgan fingerprint density at radius 3 is 2.48 bits per heavy atom. The molecule has 0 saturated carbocycles. The summed E-state index contributed by atoms with van der Waals surface area (Å²) in [5.74, 6) is 0.766. The highest BCUT2D eigenvalue weighted by Gasteiger charge is 2.31. The van der Waals surface area contributed by atoms with Gasteiger partial charge in [0.05, 0.1) is 0 Å². The van der Waals surface area contributed by atoms with E-state index < -0.39 is 15.4 Å². The Bertz CT molecular complexity index is 868. The molecule has 5 nitrogen and oxygen atoms in total. The molecule has 0 spiro atoms. The van der Waals surface area contributed by atoms with E-state index in [1.807, 2.05) is 24.3 Å². The Labute approximate surface area is 174 Å². The summed E-state index contributed by atoms with van der Waals surface area (Å²) in [7, 11) is -3.35. The van der Waals surface area contributed by atoms with Crippen molar-refractivity contribution < 1.29 is 8.42 Å². The summed E-state index contributed by atoms with van der Waals surface area (Å²) in [4.78, 5) is 2.47. The van der Waals surface area contributed by atoms with E-state index in [-0.39, 0.29) is 0 Å². The van der Waals surface area contributed by atoms with Crippen LogP contribution in [0, 0.1) is 5.92 Å². The lowest BCUT2D eigenvalue weighted by Crippen LogP contribution is -2.40. The zero-order chi connectivity index (χ0) is 20.1. The summed E-state index contributed by atoms with van der Waals surface area (Å²) in [5.41, 5.74) is 3.44. The first-order valence-electron chi connectivity index (χ1n) is 10.7. The molecule has 1 fully saturated rings. The van der Waals surface area contributed by atoms with Crippen LogP contribution < -0.4 is 10.0 Å². The minimum absolute atomic E-state index is 0.501. The van der Waals surface area contributed by atoms with Crippen molar-refractivity contribution in [3.8, 4) is 0 Å². The first-order chi connectivity index (χ1) is 14.1. The van der Waals surface area contributed by atoms with Gasteiger partial charge >= 0.3 is 0 Å². The first kappa shape index (κ1) is 20.4. The van der Waals surface area contributed by atoms with Crippen molar-refractivity contribution in [1.82, 2.24) is 9.62 Å². The van der Waals surface area contributed by atoms with Crippen LogP contribution in [0.3, 0.4) is 0 Å². The van der Waals surface area contributed by atoms with Gasteiger partial charge in [0.2, 0.25) is 10.0 Å². The third kappa shape index (κ3) is 5.38. The summed E-state index contributed by atoms with van der Waals surface area (Å²) >= 11 is 0. The van der Waals surface area contributed by atoms with Gasteiger partial charge in [-0.25, -0.2) is 13.1 Å². The highest BCUT2D eigenvalue weighted by atomic mass is 32.2. The van der Waals surface area contributed by atoms with Gasteiger partial charge in [0.15, 0.2) is 0 Å². The van der Waals surface area contributed by atoms with Crippen LogP contribution >= 0.6 is 0 Å². The van der Waals surface area contributed by atoms with Crippen LogP contribution in [0.25, 0.3) is 0 Å². The van der Waals surface area contributed by atoms with Gasteiger partial charge < -0.3 is 10.2 Å². The Hall–Kier alpha value is -1.89. The zero-order valence-corrected chi connectivity index (χ0v) is 17.7. The number of hydrogen-bond acceptors (Lipinski definition) is 4. The second kappa shape index (κ2) is 9.28. The van der Waals surface area contributed by atoms with E-state index in [1.54, 1.807) is 0 Å². The molecule has 2 aliphatic heterocycles. The van der Waals surface area contributed by atoms with E-state index >= 15 is 0 Å². The average Bonchev–Trinajstić information content (AvgIpc) is 3.19. The SMILES string of the molecule is O=S(=O)(NCCCN1CCC(Cc2ccccc2)CC1)C1Cc2ccccc2N1. The molecule has 156 valence electrons. The summed E-state index contributed by atoms with van der Waals surface area (Å²) in [5, 5.41) is 2.57. The van der Waals surface area contributed by atoms with Crippen LogP contribution in [-0.2, 0) is 22.9 Å². The van der Waals surface area contributed by atoms with Gasteiger partial charge in [0.25, 0.3) is 0 Å². The lowest BCUT2D eigenvalue weighted by atomic mass is 9.90. The van der Waals surface area contributed by atoms with E-state index in [9.17, 15) is 8.42 Å². The summed E-state index contributed by atoms with van der Waals surface area (Å²) < 4.78 is 28.0. The van der Waals surface area contributed by atoms with Crippen molar-refractivity contribution in [2.75, 3.05) is 31.5 Å². The molecular weight excluding hydrogens is 382 g/mol. The van der Waals surface area contributed by atoms with Gasteiger partial charge in [-0.3, -0.25) is 0 Å². The molecule has 0 aliphatic carbocycles. The molecule has 0 aromatic heterocycles. The van der Waals surface area contributed by atoms with Crippen LogP contribution in [-0.4, -0.2) is 44.9 Å². The number of sulfonamides is 1. The van der Waals surface area contributed by atoms with Crippen LogP contribution in [0.5, 0.6) is 0 Å². The molecule has 6 heteroatoms. The van der Waals surface area contributed by atoms with Gasteiger partial charge in [-0.1, -0.05) is 48.5 Å². The summed E-state index contributed by atoms with van der Waals surface area (Å²) in [6.45, 7) is 3.69. The zero-order valence-electron chi connectivity index (χ0n) is 16.9. The number of fused-ring (bicyclic) bond motifs is 1. The molecule has 0 radical (unpaired) electrons. The molecule has 2 heterocycles. The number of para-hydroxylation sites is 1. The predicted molar refractivity (Wildman–Crippen MR) is 118 cm³/mol. The Kier molecular flexibility index (Phi) is 6.53. The minimum Gasteiger partial charge on any atom is -0.367 e. The van der Waals surface area contributed by atoms with E-state index in [2.05, 4.69) is 45.3 Å². The van der Waals surface area contributed by atoms with Crippen molar-refractivity contribution in [1.29, 1.82) is 0 Å². The van der Waals surface area contributed by atoms with Crippen molar-refractivity contribution in [2.45, 2.75) is 37.5 Å². The standard InChI is InChI=1S/C23H31N3O2S/c27-29(28,23-18-21-9-4-5-10-22(21)25-23)24-13-6-14-26-15-11-20(12-16-26)17-19-7-2-1-3-8-19/h1-5,7-10,20,23-25H,6,11-18H2. The molecule has 2 N–H and O–H groups in total. The molecule has 2 aromatic rings. The van der Waals surface area contributed by atoms with Crippen molar-refractivity contribution >= 4 is 15.7 Å². The highest BCUT2D eigenvalue weighted by molar-refractivity contribution is 7.90. The van der Waals surface area contributed by atoms with E-state index in [1.165, 1.54) is 24.8 Å². The Morgan fingerprint density at radius 2 is 1.72 bits per heavy atom. The average molecular weight is 414 g/mol. The fraction of sp³-hybridized carbons (Fsp3) is 0.478. The maximum Gasteiger partial charge on any atom is 0.232 e. The number of anilines is 1. The quantitative estimate of drug-likeness (QED) is 0.652. The monoisotopic (exact) mass is 413 g/mol. The van der Waals surface area contributed by atoms with Crippen molar-refractivity contribution in [3.05, 3.63) is 65.7 Å². The molecule has 0 amide bonds. The van der Waals surface area contributed by atoms with Crippen LogP contribution in [0.2, 0.25) is 0 Å². The van der Waals surface area contributed by atoms with Crippen molar-refractivity contribution in [3.63, 3.8) is 0 Å². The first-order valence-corrected chi connectivity index (χ1v) is 12.2. The van der Waals surface area contributed by atoms with Gasteiger partial charge in [0, 0.05) is 18.7 Å². The molecular formula is C23H31N3O2S. The largest absolute Gasteiger partial charge is 0.367 e. The van der Waals surface area contributed by atoms with Gasteiger partial charge in [-0.2, -0.15) is 0 Å². The fourth-order valence-corrected chi connectivity index (χ4v) is 5.74. The molecule has 29 heavy (non-hydrogen) atoms. The Balaban J connectivity index is 1.14. The van der Waals surface area contributed by atoms with Crippen LogP contribution in [0.1, 0.15) is 30.4 Å². The third-order valence-corrected chi connectivity index (χ3v) is 7.78. The fourth-order valence-electron chi connectivity index (χ4n) is 4.43. The van der Waals surface area contributed by atoms with Crippen LogP contribution in [0.15, 0.2) is 54.6 Å². The molecule has 2 aromatic carbocycles. The van der Waals surface area contributed by atoms with Crippen LogP contribution in [0.4, 0.5) is 5.69 Å². The number of hydrogen-bond donors (Lipinski definition) is 2. The number of benzene rings is 2. The lowest BCUT2D eigenvalue weighted by molar-refractivity contribution is 0.183. The smallest absolute Gasteiger partial charge is 0.232 e. The third-order valence-electron chi connectivity index (χ3n) is 6.14. The topological polar surface area (TPSA) is 61.4 Å². The highest BCUT2D eigenvalue weighted by Crippen LogP contribution is 2.27. The molecule has 4 rings (SSSR count). The van der Waals surface area contributed by atoms with Gasteiger partial charge in [-0.05, 0) is 68.4 Å². The summed E-state index contributed by atoms with van der Waals surface area (Å²) in [6.07, 6.45) is 5.00.